The maximum atomic E-state index is 5.74. The molecule has 0 aromatic rings. The van der Waals surface area contributed by atoms with Gasteiger partial charge >= 0.3 is 0 Å². The minimum atomic E-state index is 0.365. The lowest BCUT2D eigenvalue weighted by Crippen LogP contribution is -2.50. The van der Waals surface area contributed by atoms with Crippen LogP contribution in [0, 0.1) is 11.3 Å². The van der Waals surface area contributed by atoms with E-state index in [1.54, 1.807) is 0 Å². The van der Waals surface area contributed by atoms with Crippen LogP contribution in [-0.4, -0.2) is 63.5 Å². The molecule has 0 amide bonds. The molecular formula is C17H34N2O2. The van der Waals surface area contributed by atoms with Gasteiger partial charge < -0.3 is 19.7 Å². The van der Waals surface area contributed by atoms with Gasteiger partial charge in [-0.3, -0.25) is 0 Å². The zero-order valence-electron chi connectivity index (χ0n) is 14.4. The van der Waals surface area contributed by atoms with Crippen molar-refractivity contribution in [3.63, 3.8) is 0 Å². The zero-order valence-corrected chi connectivity index (χ0v) is 14.4. The van der Waals surface area contributed by atoms with Crippen molar-refractivity contribution >= 4 is 0 Å². The van der Waals surface area contributed by atoms with Crippen molar-refractivity contribution in [3.8, 4) is 0 Å². The molecule has 0 aliphatic carbocycles. The summed E-state index contributed by atoms with van der Waals surface area (Å²) in [6, 6.07) is 0.579. The van der Waals surface area contributed by atoms with Crippen molar-refractivity contribution in [2.75, 3.05) is 46.5 Å². The second-order valence-electron chi connectivity index (χ2n) is 7.48. The third-order valence-corrected chi connectivity index (χ3v) is 5.09. The molecule has 2 rings (SSSR count). The highest BCUT2D eigenvalue weighted by molar-refractivity contribution is 4.90. The summed E-state index contributed by atoms with van der Waals surface area (Å²) in [4.78, 5) is 2.54. The summed E-state index contributed by atoms with van der Waals surface area (Å²) in [6.45, 7) is 12.9. The second-order valence-corrected chi connectivity index (χ2v) is 7.48. The second kappa shape index (κ2) is 7.91. The van der Waals surface area contributed by atoms with Gasteiger partial charge in [-0.15, -0.1) is 0 Å². The first kappa shape index (κ1) is 17.2. The van der Waals surface area contributed by atoms with Crippen molar-refractivity contribution in [1.29, 1.82) is 0 Å². The van der Waals surface area contributed by atoms with Crippen LogP contribution in [0.5, 0.6) is 0 Å². The summed E-state index contributed by atoms with van der Waals surface area (Å²) in [5.74, 6) is 0.711. The Bertz CT molecular complexity index is 303. The molecule has 124 valence electrons. The smallest absolute Gasteiger partial charge is 0.0702 e. The van der Waals surface area contributed by atoms with Gasteiger partial charge in [0.2, 0.25) is 0 Å². The van der Waals surface area contributed by atoms with Gasteiger partial charge in [0, 0.05) is 39.0 Å². The SMILES string of the molecule is CC(C)CNCC1(CN(C)C2CCOC2C)CCOCC1. The minimum absolute atomic E-state index is 0.365. The van der Waals surface area contributed by atoms with E-state index < -0.39 is 0 Å². The quantitative estimate of drug-likeness (QED) is 0.781. The molecule has 4 nitrogen and oxygen atoms in total. The molecule has 0 spiro atoms. The summed E-state index contributed by atoms with van der Waals surface area (Å²) in [7, 11) is 2.27. The number of nitrogens with zero attached hydrogens (tertiary/aromatic N) is 1. The highest BCUT2D eigenvalue weighted by Gasteiger charge is 2.37. The Labute approximate surface area is 130 Å². The lowest BCUT2D eigenvalue weighted by atomic mass is 9.79. The molecule has 21 heavy (non-hydrogen) atoms. The Morgan fingerprint density at radius 1 is 1.24 bits per heavy atom. The first-order valence-electron chi connectivity index (χ1n) is 8.63. The number of rotatable bonds is 7. The van der Waals surface area contributed by atoms with Gasteiger partial charge in [0.25, 0.3) is 0 Å². The fourth-order valence-electron chi connectivity index (χ4n) is 3.77. The van der Waals surface area contributed by atoms with E-state index in [0.717, 1.165) is 39.5 Å². The number of ether oxygens (including phenoxy) is 2. The largest absolute Gasteiger partial charge is 0.381 e. The molecule has 0 radical (unpaired) electrons. The van der Waals surface area contributed by atoms with Crippen LogP contribution in [0.4, 0.5) is 0 Å². The Morgan fingerprint density at radius 2 is 1.95 bits per heavy atom. The van der Waals surface area contributed by atoms with Gasteiger partial charge in [0.05, 0.1) is 6.10 Å². The van der Waals surface area contributed by atoms with Crippen molar-refractivity contribution < 1.29 is 9.47 Å². The third-order valence-electron chi connectivity index (χ3n) is 5.09. The standard InChI is InChI=1S/C17H34N2O2/c1-14(2)11-18-12-17(6-9-20-10-7-17)13-19(4)16-5-8-21-15(16)3/h14-16,18H,5-13H2,1-4H3. The van der Waals surface area contributed by atoms with E-state index in [-0.39, 0.29) is 0 Å². The van der Waals surface area contributed by atoms with Crippen LogP contribution in [0.15, 0.2) is 0 Å². The van der Waals surface area contributed by atoms with E-state index in [9.17, 15) is 0 Å². The van der Waals surface area contributed by atoms with Gasteiger partial charge in [-0.2, -0.15) is 0 Å². The Morgan fingerprint density at radius 3 is 2.52 bits per heavy atom. The van der Waals surface area contributed by atoms with E-state index in [1.165, 1.54) is 19.3 Å². The monoisotopic (exact) mass is 298 g/mol. The molecule has 0 aromatic carbocycles. The lowest BCUT2D eigenvalue weighted by molar-refractivity contribution is -0.0129. The summed E-state index contributed by atoms with van der Waals surface area (Å²) < 4.78 is 11.3. The van der Waals surface area contributed by atoms with Crippen molar-refractivity contribution in [2.45, 2.75) is 52.2 Å². The van der Waals surface area contributed by atoms with Crippen LogP contribution >= 0.6 is 0 Å². The highest BCUT2D eigenvalue weighted by Crippen LogP contribution is 2.32. The first-order valence-corrected chi connectivity index (χ1v) is 8.63. The lowest BCUT2D eigenvalue weighted by Gasteiger charge is -2.42. The van der Waals surface area contributed by atoms with E-state index >= 15 is 0 Å². The van der Waals surface area contributed by atoms with Gasteiger partial charge in [-0.1, -0.05) is 13.8 Å². The maximum Gasteiger partial charge on any atom is 0.0702 e. The molecule has 2 fully saturated rings. The number of hydrogen-bond acceptors (Lipinski definition) is 4. The van der Waals surface area contributed by atoms with Crippen molar-refractivity contribution in [1.82, 2.24) is 10.2 Å². The number of likely N-dealkylation sites (N-methyl/N-ethyl adjacent to an activating group) is 1. The minimum Gasteiger partial charge on any atom is -0.381 e. The number of nitrogens with one attached hydrogen (secondary N) is 1. The molecule has 1 N–H and O–H groups in total. The molecule has 2 saturated heterocycles. The fraction of sp³-hybridized carbons (Fsp3) is 1.00. The Balaban J connectivity index is 1.91. The Kier molecular flexibility index (Phi) is 6.48. The number of hydrogen-bond donors (Lipinski definition) is 1. The molecule has 2 unspecified atom stereocenters. The first-order chi connectivity index (χ1) is 10.0. The normalized spacial score (nSPS) is 29.4. The zero-order chi connectivity index (χ0) is 15.3. The summed E-state index contributed by atoms with van der Waals surface area (Å²) in [6.07, 6.45) is 3.88. The van der Waals surface area contributed by atoms with Gasteiger partial charge in [0.1, 0.15) is 0 Å². The molecule has 0 aromatic heterocycles. The van der Waals surface area contributed by atoms with Crippen LogP contribution < -0.4 is 5.32 Å². The average Bonchev–Trinajstić information content (AvgIpc) is 2.85. The predicted octanol–water partition coefficient (Wildman–Crippen LogP) is 2.14. The van der Waals surface area contributed by atoms with Crippen LogP contribution in [-0.2, 0) is 9.47 Å². The molecule has 2 atom stereocenters. The average molecular weight is 298 g/mol. The van der Waals surface area contributed by atoms with Crippen LogP contribution in [0.1, 0.15) is 40.0 Å². The summed E-state index contributed by atoms with van der Waals surface area (Å²) in [5.41, 5.74) is 0.365. The summed E-state index contributed by atoms with van der Waals surface area (Å²) in [5, 5.41) is 3.69. The van der Waals surface area contributed by atoms with Crippen LogP contribution in [0.3, 0.4) is 0 Å². The fourth-order valence-corrected chi connectivity index (χ4v) is 3.77. The van der Waals surface area contributed by atoms with E-state index in [1.807, 2.05) is 0 Å². The molecular weight excluding hydrogens is 264 g/mol. The topological polar surface area (TPSA) is 33.7 Å². The molecule has 4 heteroatoms. The highest BCUT2D eigenvalue weighted by atomic mass is 16.5. The van der Waals surface area contributed by atoms with Gasteiger partial charge in [-0.25, -0.2) is 0 Å². The van der Waals surface area contributed by atoms with Crippen molar-refractivity contribution in [2.24, 2.45) is 11.3 Å². The van der Waals surface area contributed by atoms with Gasteiger partial charge in [0.15, 0.2) is 0 Å². The third kappa shape index (κ3) is 4.92. The molecule has 0 saturated carbocycles. The molecule has 2 aliphatic rings. The Hall–Kier alpha value is -0.160. The van der Waals surface area contributed by atoms with Crippen LogP contribution in [0.2, 0.25) is 0 Å². The van der Waals surface area contributed by atoms with Crippen LogP contribution in [0.25, 0.3) is 0 Å². The van der Waals surface area contributed by atoms with Gasteiger partial charge in [-0.05, 0) is 51.1 Å². The molecule has 2 aliphatic heterocycles. The maximum absolute atomic E-state index is 5.74. The van der Waals surface area contributed by atoms with E-state index in [0.29, 0.717) is 23.5 Å². The van der Waals surface area contributed by atoms with E-state index in [2.05, 4.69) is 38.0 Å². The summed E-state index contributed by atoms with van der Waals surface area (Å²) >= 11 is 0. The predicted molar refractivity (Wildman–Crippen MR) is 86.6 cm³/mol. The van der Waals surface area contributed by atoms with E-state index in [4.69, 9.17) is 9.47 Å². The molecule has 2 heterocycles. The van der Waals surface area contributed by atoms with Crippen molar-refractivity contribution in [3.05, 3.63) is 0 Å². The molecule has 0 bridgehead atoms.